The van der Waals surface area contributed by atoms with Crippen LogP contribution in [-0.2, 0) is 4.74 Å². The molecule has 1 fully saturated rings. The first-order chi connectivity index (χ1) is 16.6. The van der Waals surface area contributed by atoms with Crippen molar-refractivity contribution in [3.63, 3.8) is 0 Å². The monoisotopic (exact) mass is 485 g/mol. The van der Waals surface area contributed by atoms with E-state index in [0.717, 1.165) is 30.0 Å². The minimum Gasteiger partial charge on any atom is -0.406 e. The van der Waals surface area contributed by atoms with E-state index in [1.165, 1.54) is 12.1 Å². The molecule has 2 unspecified atom stereocenters. The molecule has 1 aromatic heterocycles. The van der Waals surface area contributed by atoms with Crippen LogP contribution in [0.15, 0.2) is 60.8 Å². The summed E-state index contributed by atoms with van der Waals surface area (Å²) in [5, 5.41) is 2.87. The standard InChI is InChI=1S/C26H26F3N3O3/c1-16-4-8-21(12-23(16)19-5-9-22(10-6-19)35-26(27,28)29)31-25(33)20-7-11-24(30-13-20)32-14-17(2)34-18(3)15-32/h4-13,17-18H,14-15H2,1-3H3,(H,31,33). The van der Waals surface area contributed by atoms with Crippen molar-refractivity contribution in [2.24, 2.45) is 0 Å². The zero-order valence-electron chi connectivity index (χ0n) is 19.6. The number of carbonyl (C=O) groups excluding carboxylic acids is 1. The van der Waals surface area contributed by atoms with E-state index in [1.54, 1.807) is 36.5 Å². The van der Waals surface area contributed by atoms with Crippen LogP contribution in [0.1, 0.15) is 29.8 Å². The third-order valence-electron chi connectivity index (χ3n) is 5.65. The molecular formula is C26H26F3N3O3. The third kappa shape index (κ3) is 6.30. The molecule has 0 aliphatic carbocycles. The molecule has 0 bridgehead atoms. The Balaban J connectivity index is 1.46. The van der Waals surface area contributed by atoms with Crippen LogP contribution in [-0.4, -0.2) is 42.6 Å². The van der Waals surface area contributed by atoms with Crippen LogP contribution in [0.4, 0.5) is 24.7 Å². The lowest BCUT2D eigenvalue weighted by Gasteiger charge is -2.36. The van der Waals surface area contributed by atoms with E-state index in [1.807, 2.05) is 32.9 Å². The van der Waals surface area contributed by atoms with Gasteiger partial charge in [0.2, 0.25) is 0 Å². The molecule has 35 heavy (non-hydrogen) atoms. The highest BCUT2D eigenvalue weighted by Crippen LogP contribution is 2.30. The summed E-state index contributed by atoms with van der Waals surface area (Å²) in [6, 6.07) is 14.6. The Bertz CT molecular complexity index is 1170. The predicted molar refractivity (Wildman–Crippen MR) is 128 cm³/mol. The zero-order chi connectivity index (χ0) is 25.2. The Morgan fingerprint density at radius 2 is 1.74 bits per heavy atom. The van der Waals surface area contributed by atoms with Gasteiger partial charge < -0.3 is 19.7 Å². The maximum Gasteiger partial charge on any atom is 0.573 e. The number of ether oxygens (including phenoxy) is 2. The predicted octanol–water partition coefficient (Wildman–Crippen LogP) is 5.82. The number of amides is 1. The maximum absolute atomic E-state index is 12.8. The fourth-order valence-electron chi connectivity index (χ4n) is 4.12. The van der Waals surface area contributed by atoms with Crippen molar-refractivity contribution in [2.45, 2.75) is 39.3 Å². The number of halogens is 3. The van der Waals surface area contributed by atoms with Gasteiger partial charge >= 0.3 is 6.36 Å². The number of hydrogen-bond acceptors (Lipinski definition) is 5. The van der Waals surface area contributed by atoms with E-state index in [0.29, 0.717) is 16.8 Å². The van der Waals surface area contributed by atoms with Crippen molar-refractivity contribution in [2.75, 3.05) is 23.3 Å². The van der Waals surface area contributed by atoms with Gasteiger partial charge in [0.1, 0.15) is 11.6 Å². The molecule has 184 valence electrons. The van der Waals surface area contributed by atoms with Gasteiger partial charge in [-0.1, -0.05) is 18.2 Å². The molecule has 9 heteroatoms. The molecule has 1 aliphatic heterocycles. The number of nitrogens with one attached hydrogen (secondary N) is 1. The summed E-state index contributed by atoms with van der Waals surface area (Å²) in [5.41, 5.74) is 3.37. The molecule has 1 aliphatic rings. The summed E-state index contributed by atoms with van der Waals surface area (Å²) in [6.07, 6.45) is -2.99. The Labute approximate surface area is 201 Å². The van der Waals surface area contributed by atoms with Crippen LogP contribution in [0.25, 0.3) is 11.1 Å². The van der Waals surface area contributed by atoms with Gasteiger partial charge in [-0.05, 0) is 73.9 Å². The quantitative estimate of drug-likeness (QED) is 0.493. The molecule has 0 radical (unpaired) electrons. The maximum atomic E-state index is 12.8. The summed E-state index contributed by atoms with van der Waals surface area (Å²) in [5.74, 6) is 0.191. The van der Waals surface area contributed by atoms with E-state index in [4.69, 9.17) is 4.74 Å². The summed E-state index contributed by atoms with van der Waals surface area (Å²) in [4.78, 5) is 19.4. The molecule has 1 amide bonds. The number of aromatic nitrogens is 1. The van der Waals surface area contributed by atoms with Crippen LogP contribution < -0.4 is 15.0 Å². The highest BCUT2D eigenvalue weighted by molar-refractivity contribution is 6.04. The van der Waals surface area contributed by atoms with Gasteiger partial charge in [0, 0.05) is 25.0 Å². The fraction of sp³-hybridized carbons (Fsp3) is 0.308. The summed E-state index contributed by atoms with van der Waals surface area (Å²) < 4.78 is 46.9. The van der Waals surface area contributed by atoms with E-state index >= 15 is 0 Å². The zero-order valence-corrected chi connectivity index (χ0v) is 19.6. The number of morpholine rings is 1. The van der Waals surface area contributed by atoms with Crippen molar-refractivity contribution in [1.82, 2.24) is 4.98 Å². The van der Waals surface area contributed by atoms with Crippen molar-refractivity contribution >= 4 is 17.4 Å². The molecule has 2 atom stereocenters. The summed E-state index contributed by atoms with van der Waals surface area (Å²) in [7, 11) is 0. The first-order valence-electron chi connectivity index (χ1n) is 11.2. The average Bonchev–Trinajstić information content (AvgIpc) is 2.79. The van der Waals surface area contributed by atoms with Crippen LogP contribution in [0, 0.1) is 6.92 Å². The van der Waals surface area contributed by atoms with Gasteiger partial charge in [-0.2, -0.15) is 0 Å². The van der Waals surface area contributed by atoms with Crippen molar-refractivity contribution in [1.29, 1.82) is 0 Å². The number of aryl methyl sites for hydroxylation is 1. The van der Waals surface area contributed by atoms with Crippen molar-refractivity contribution in [3.8, 4) is 16.9 Å². The Hall–Kier alpha value is -3.59. The lowest BCUT2D eigenvalue weighted by molar-refractivity contribution is -0.274. The molecule has 2 aromatic carbocycles. The second kappa shape index (κ2) is 9.95. The molecule has 6 nitrogen and oxygen atoms in total. The SMILES string of the molecule is Cc1ccc(NC(=O)c2ccc(N3CC(C)OC(C)C3)nc2)cc1-c1ccc(OC(F)(F)F)cc1. The number of carbonyl (C=O) groups is 1. The number of hydrogen-bond donors (Lipinski definition) is 1. The van der Waals surface area contributed by atoms with Crippen LogP contribution in [0.5, 0.6) is 5.75 Å². The lowest BCUT2D eigenvalue weighted by atomic mass is 9.99. The lowest BCUT2D eigenvalue weighted by Crippen LogP contribution is -2.45. The van der Waals surface area contributed by atoms with Crippen LogP contribution >= 0.6 is 0 Å². The van der Waals surface area contributed by atoms with Gasteiger partial charge in [0.25, 0.3) is 5.91 Å². The second-order valence-corrected chi connectivity index (χ2v) is 8.62. The summed E-state index contributed by atoms with van der Waals surface area (Å²) in [6.45, 7) is 7.39. The van der Waals surface area contributed by atoms with Crippen LogP contribution in [0.2, 0.25) is 0 Å². The minimum absolute atomic E-state index is 0.104. The summed E-state index contributed by atoms with van der Waals surface area (Å²) >= 11 is 0. The second-order valence-electron chi connectivity index (χ2n) is 8.62. The molecule has 0 saturated carbocycles. The number of anilines is 2. The molecule has 4 rings (SSSR count). The normalized spacial score (nSPS) is 18.3. The first kappa shape index (κ1) is 24.5. The molecule has 1 N–H and O–H groups in total. The number of rotatable bonds is 5. The number of pyridine rings is 1. The van der Waals surface area contributed by atoms with E-state index in [-0.39, 0.29) is 23.9 Å². The number of alkyl halides is 3. The number of nitrogens with zero attached hydrogens (tertiary/aromatic N) is 2. The largest absolute Gasteiger partial charge is 0.573 e. The Kier molecular flexibility index (Phi) is 6.98. The van der Waals surface area contributed by atoms with E-state index < -0.39 is 6.36 Å². The first-order valence-corrected chi connectivity index (χ1v) is 11.2. The van der Waals surface area contributed by atoms with Crippen molar-refractivity contribution < 1.29 is 27.4 Å². The molecule has 1 saturated heterocycles. The average molecular weight is 486 g/mol. The smallest absolute Gasteiger partial charge is 0.406 e. The van der Waals surface area contributed by atoms with Gasteiger partial charge in [0.15, 0.2) is 0 Å². The molecule has 2 heterocycles. The Morgan fingerprint density at radius 1 is 1.06 bits per heavy atom. The van der Waals surface area contributed by atoms with E-state index in [9.17, 15) is 18.0 Å². The molecular weight excluding hydrogens is 459 g/mol. The van der Waals surface area contributed by atoms with E-state index in [2.05, 4.69) is 19.9 Å². The van der Waals surface area contributed by atoms with Gasteiger partial charge in [0.05, 0.1) is 17.8 Å². The van der Waals surface area contributed by atoms with Crippen LogP contribution in [0.3, 0.4) is 0 Å². The van der Waals surface area contributed by atoms with Gasteiger partial charge in [-0.25, -0.2) is 4.98 Å². The highest BCUT2D eigenvalue weighted by Gasteiger charge is 2.31. The highest BCUT2D eigenvalue weighted by atomic mass is 19.4. The Morgan fingerprint density at radius 3 is 2.34 bits per heavy atom. The fourth-order valence-corrected chi connectivity index (χ4v) is 4.12. The third-order valence-corrected chi connectivity index (χ3v) is 5.65. The molecule has 3 aromatic rings. The minimum atomic E-state index is -4.74. The topological polar surface area (TPSA) is 63.7 Å². The number of benzene rings is 2. The molecule has 0 spiro atoms. The van der Waals surface area contributed by atoms with Crippen molar-refractivity contribution in [3.05, 3.63) is 71.9 Å². The van der Waals surface area contributed by atoms with Gasteiger partial charge in [-0.15, -0.1) is 13.2 Å². The van der Waals surface area contributed by atoms with Gasteiger partial charge in [-0.3, -0.25) is 4.79 Å².